The van der Waals surface area contributed by atoms with Crippen LogP contribution in [0.2, 0.25) is 0 Å². The maximum absolute atomic E-state index is 13.8. The summed E-state index contributed by atoms with van der Waals surface area (Å²) in [6.07, 6.45) is 3.57. The van der Waals surface area contributed by atoms with Crippen LogP contribution in [0, 0.1) is 0 Å². The van der Waals surface area contributed by atoms with Crippen LogP contribution < -0.4 is 4.90 Å². The van der Waals surface area contributed by atoms with Gasteiger partial charge in [0.1, 0.15) is 17.8 Å². The fourth-order valence-corrected chi connectivity index (χ4v) is 4.63. The fourth-order valence-electron chi connectivity index (χ4n) is 4.63. The molecule has 0 spiro atoms. The highest BCUT2D eigenvalue weighted by molar-refractivity contribution is 6.24. The number of fused-ring (bicyclic) bond motifs is 1. The van der Waals surface area contributed by atoms with E-state index in [1.807, 2.05) is 12.1 Å². The Kier molecular flexibility index (Phi) is 8.06. The molecule has 202 valence electrons. The Labute approximate surface area is 226 Å². The largest absolute Gasteiger partial charge is 0.458 e. The molecule has 38 heavy (non-hydrogen) atoms. The van der Waals surface area contributed by atoms with E-state index in [1.165, 1.54) is 16.5 Å². The molecule has 0 fully saturated rings. The van der Waals surface area contributed by atoms with Gasteiger partial charge in [0.25, 0.3) is 5.91 Å². The molecule has 2 aromatic carbocycles. The average molecular weight is 518 g/mol. The van der Waals surface area contributed by atoms with Crippen LogP contribution in [0.4, 0.5) is 11.4 Å². The second kappa shape index (κ2) is 10.6. The molecular formula is C32H39NO5. The van der Waals surface area contributed by atoms with Crippen molar-refractivity contribution in [2.45, 2.75) is 77.7 Å². The molecule has 0 atom stereocenters. The smallest absolute Gasteiger partial charge is 0.343 e. The first kappa shape index (κ1) is 28.9. The number of carbonyl (C=O) groups excluding carboxylic acids is 3. The molecule has 6 nitrogen and oxygen atoms in total. The number of carbonyl (C=O) groups is 3. The van der Waals surface area contributed by atoms with Gasteiger partial charge in [-0.2, -0.15) is 0 Å². The third kappa shape index (κ3) is 6.24. The number of rotatable bonds is 7. The lowest BCUT2D eigenvalue weighted by atomic mass is 9.63. The van der Waals surface area contributed by atoms with E-state index in [4.69, 9.17) is 9.47 Å². The summed E-state index contributed by atoms with van der Waals surface area (Å²) in [6, 6.07) is 12.5. The summed E-state index contributed by atoms with van der Waals surface area (Å²) in [5, 5.41) is 0. The molecule has 0 saturated heterocycles. The van der Waals surface area contributed by atoms with Crippen molar-refractivity contribution in [2.75, 3.05) is 11.5 Å². The number of ether oxygens (including phenoxy) is 2. The predicted molar refractivity (Wildman–Crippen MR) is 151 cm³/mol. The minimum Gasteiger partial charge on any atom is -0.458 e. The molecule has 1 aliphatic carbocycles. The average Bonchev–Trinajstić information content (AvgIpc) is 2.84. The van der Waals surface area contributed by atoms with Gasteiger partial charge in [-0.25, -0.2) is 9.59 Å². The molecule has 2 aromatic rings. The summed E-state index contributed by atoms with van der Waals surface area (Å²) in [5.41, 5.74) is 2.68. The monoisotopic (exact) mass is 517 g/mol. The number of esters is 2. The van der Waals surface area contributed by atoms with Crippen LogP contribution in [0.25, 0.3) is 0 Å². The third-order valence-electron chi connectivity index (χ3n) is 6.89. The minimum absolute atomic E-state index is 0.00574. The Hall–Kier alpha value is -3.67. The zero-order chi connectivity index (χ0) is 28.5. The van der Waals surface area contributed by atoms with Crippen LogP contribution in [0.3, 0.4) is 0 Å². The van der Waals surface area contributed by atoms with Crippen LogP contribution in [-0.2, 0) is 29.9 Å². The van der Waals surface area contributed by atoms with Crippen molar-refractivity contribution < 1.29 is 23.9 Å². The van der Waals surface area contributed by atoms with E-state index >= 15 is 0 Å². The molecule has 0 bridgehead atoms. The van der Waals surface area contributed by atoms with Crippen molar-refractivity contribution in [3.63, 3.8) is 0 Å². The highest BCUT2D eigenvalue weighted by Gasteiger charge is 2.38. The van der Waals surface area contributed by atoms with Crippen LogP contribution >= 0.6 is 0 Å². The van der Waals surface area contributed by atoms with Crippen molar-refractivity contribution in [3.05, 3.63) is 84.0 Å². The van der Waals surface area contributed by atoms with Crippen LogP contribution in [-0.4, -0.2) is 30.1 Å². The number of hydrogen-bond donors (Lipinski definition) is 0. The van der Waals surface area contributed by atoms with Gasteiger partial charge in [0.2, 0.25) is 0 Å². The molecule has 0 radical (unpaired) electrons. The van der Waals surface area contributed by atoms with Crippen molar-refractivity contribution in [2.24, 2.45) is 0 Å². The molecule has 1 aliphatic rings. The summed E-state index contributed by atoms with van der Waals surface area (Å²) in [5.74, 6) is -1.88. The normalized spacial score (nSPS) is 15.6. The maximum Gasteiger partial charge on any atom is 0.343 e. The molecule has 0 heterocycles. The van der Waals surface area contributed by atoms with Gasteiger partial charge < -0.3 is 9.47 Å². The Morgan fingerprint density at radius 1 is 0.921 bits per heavy atom. The zero-order valence-corrected chi connectivity index (χ0v) is 23.6. The first-order valence-electron chi connectivity index (χ1n) is 12.9. The third-order valence-corrected chi connectivity index (χ3v) is 6.89. The summed E-state index contributed by atoms with van der Waals surface area (Å²) < 4.78 is 10.5. The highest BCUT2D eigenvalue weighted by atomic mass is 16.6. The second-order valence-electron chi connectivity index (χ2n) is 12.1. The van der Waals surface area contributed by atoms with Crippen molar-refractivity contribution >= 4 is 29.2 Å². The van der Waals surface area contributed by atoms with Gasteiger partial charge in [0.05, 0.1) is 5.56 Å². The number of nitrogens with zero attached hydrogens (tertiary/aromatic N) is 1. The molecule has 0 aliphatic heterocycles. The molecule has 3 rings (SSSR count). The van der Waals surface area contributed by atoms with Gasteiger partial charge >= 0.3 is 11.9 Å². The summed E-state index contributed by atoms with van der Waals surface area (Å²) in [4.78, 5) is 40.3. The Morgan fingerprint density at radius 3 is 2.03 bits per heavy atom. The van der Waals surface area contributed by atoms with Gasteiger partial charge in [-0.15, -0.1) is 0 Å². The minimum atomic E-state index is -0.781. The number of benzene rings is 2. The zero-order valence-electron chi connectivity index (χ0n) is 23.6. The predicted octanol–water partition coefficient (Wildman–Crippen LogP) is 6.94. The molecular weight excluding hydrogens is 478 g/mol. The SMILES string of the molecule is C=CCOC(=O)c1ccc(N(C(=O)C(=C)C(=O)OC(C)(C)C)c2ccc3c(c2)C(C)(C)CCC3(C)C)cc1. The molecule has 6 heteroatoms. The lowest BCUT2D eigenvalue weighted by molar-refractivity contribution is -0.150. The number of anilines is 2. The van der Waals surface area contributed by atoms with E-state index in [-0.39, 0.29) is 23.0 Å². The van der Waals surface area contributed by atoms with Gasteiger partial charge in [-0.3, -0.25) is 9.69 Å². The first-order valence-corrected chi connectivity index (χ1v) is 12.9. The van der Waals surface area contributed by atoms with Crippen LogP contribution in [0.1, 0.15) is 82.8 Å². The van der Waals surface area contributed by atoms with Gasteiger partial charge in [0, 0.05) is 11.4 Å². The lowest BCUT2D eigenvalue weighted by Crippen LogP contribution is -2.36. The molecule has 0 N–H and O–H groups in total. The van der Waals surface area contributed by atoms with Crippen molar-refractivity contribution in [1.82, 2.24) is 0 Å². The lowest BCUT2D eigenvalue weighted by Gasteiger charge is -2.42. The second-order valence-corrected chi connectivity index (χ2v) is 12.1. The quantitative estimate of drug-likeness (QED) is 0.131. The van der Waals surface area contributed by atoms with Gasteiger partial charge in [-0.1, -0.05) is 53.0 Å². The first-order chi connectivity index (χ1) is 17.6. The standard InChI is InChI=1S/C32H39NO5/c1-10-19-37-29(36)22-11-13-23(14-12-22)33(27(34)21(2)28(35)38-30(3,4)5)24-15-16-25-26(20-24)32(8,9)18-17-31(25,6)7/h10-16,20H,1-2,17-19H2,3-9H3. The van der Waals surface area contributed by atoms with Crippen molar-refractivity contribution in [3.8, 4) is 0 Å². The van der Waals surface area contributed by atoms with E-state index in [9.17, 15) is 14.4 Å². The topological polar surface area (TPSA) is 72.9 Å². The van der Waals surface area contributed by atoms with E-state index < -0.39 is 23.4 Å². The fraction of sp³-hybridized carbons (Fsp3) is 0.406. The van der Waals surface area contributed by atoms with Crippen LogP contribution in [0.5, 0.6) is 0 Å². The molecule has 1 amide bonds. The number of amides is 1. The van der Waals surface area contributed by atoms with E-state index in [1.54, 1.807) is 45.0 Å². The Morgan fingerprint density at radius 2 is 1.47 bits per heavy atom. The molecule has 0 aromatic heterocycles. The van der Waals surface area contributed by atoms with E-state index in [2.05, 4.69) is 46.9 Å². The summed E-state index contributed by atoms with van der Waals surface area (Å²) >= 11 is 0. The van der Waals surface area contributed by atoms with Gasteiger partial charge in [0.15, 0.2) is 0 Å². The van der Waals surface area contributed by atoms with E-state index in [0.717, 1.165) is 18.4 Å². The maximum atomic E-state index is 13.8. The summed E-state index contributed by atoms with van der Waals surface area (Å²) in [7, 11) is 0. The summed E-state index contributed by atoms with van der Waals surface area (Å²) in [6.45, 7) is 21.5. The Balaban J connectivity index is 2.10. The Bertz CT molecular complexity index is 1260. The molecule has 0 unspecified atom stereocenters. The highest BCUT2D eigenvalue weighted by Crippen LogP contribution is 2.47. The van der Waals surface area contributed by atoms with Crippen molar-refractivity contribution in [1.29, 1.82) is 0 Å². The van der Waals surface area contributed by atoms with Gasteiger partial charge in [-0.05, 0) is 92.0 Å². The number of hydrogen-bond acceptors (Lipinski definition) is 5. The van der Waals surface area contributed by atoms with E-state index in [0.29, 0.717) is 16.9 Å². The van der Waals surface area contributed by atoms with Crippen LogP contribution in [0.15, 0.2) is 67.3 Å². The molecule has 0 saturated carbocycles.